The SMILES string of the molecule is CC(=O)O.Cc1c(O)c(O)cc2c1C(c1c[nH]c3cccc(O)c13)C=C1[C@@]2(C)CC[C@@]2(C)[C@@H]3C[C@@H](C)CC[C@]3(C)CC[C@]12C. The molecule has 3 fully saturated rings. The van der Waals surface area contributed by atoms with Gasteiger partial charge in [-0.15, -0.1) is 0 Å². The molecule has 5 N–H and O–H groups in total. The van der Waals surface area contributed by atoms with Crippen molar-refractivity contribution >= 4 is 16.9 Å². The average Bonchev–Trinajstić information content (AvgIpc) is 3.39. The van der Waals surface area contributed by atoms with Crippen LogP contribution in [0.1, 0.15) is 115 Å². The van der Waals surface area contributed by atoms with Gasteiger partial charge in [-0.2, -0.15) is 0 Å². The van der Waals surface area contributed by atoms with Crippen molar-refractivity contribution in [3.63, 3.8) is 0 Å². The van der Waals surface area contributed by atoms with Crippen LogP contribution in [-0.2, 0) is 10.2 Å². The number of benzene rings is 2. The second-order valence-corrected chi connectivity index (χ2v) is 15.5. The summed E-state index contributed by atoms with van der Waals surface area (Å²) in [5.41, 5.74) is 6.78. The van der Waals surface area contributed by atoms with Crippen LogP contribution in [0.4, 0.5) is 0 Å². The highest BCUT2D eigenvalue weighted by atomic mass is 16.4. The fraction of sp³-hybridized carbons (Fsp3) is 0.553. The van der Waals surface area contributed by atoms with Crippen LogP contribution >= 0.6 is 0 Å². The number of aromatic nitrogens is 1. The minimum absolute atomic E-state index is 0.0206. The molecular formula is C38H49NO5. The fourth-order valence-corrected chi connectivity index (χ4v) is 10.5. The number of aromatic hydroxyl groups is 3. The van der Waals surface area contributed by atoms with E-state index in [1.165, 1.54) is 44.1 Å². The number of phenols is 3. The topological polar surface area (TPSA) is 114 Å². The monoisotopic (exact) mass is 599 g/mol. The highest BCUT2D eigenvalue weighted by Gasteiger charge is 2.65. The van der Waals surface area contributed by atoms with E-state index in [-0.39, 0.29) is 39.4 Å². The van der Waals surface area contributed by atoms with E-state index in [4.69, 9.17) is 9.90 Å². The molecule has 1 heterocycles. The Morgan fingerprint density at radius 3 is 2.39 bits per heavy atom. The Balaban J connectivity index is 0.000000810. The molecule has 44 heavy (non-hydrogen) atoms. The first-order chi connectivity index (χ1) is 20.6. The molecule has 6 heteroatoms. The Hall–Kier alpha value is -3.41. The molecule has 4 aliphatic carbocycles. The smallest absolute Gasteiger partial charge is 0.300 e. The lowest BCUT2D eigenvalue weighted by Gasteiger charge is -2.69. The zero-order valence-electron chi connectivity index (χ0n) is 27.3. The predicted octanol–water partition coefficient (Wildman–Crippen LogP) is 9.06. The van der Waals surface area contributed by atoms with Crippen LogP contribution in [0.3, 0.4) is 0 Å². The summed E-state index contributed by atoms with van der Waals surface area (Å²) >= 11 is 0. The number of hydrogen-bond acceptors (Lipinski definition) is 4. The first kappa shape index (κ1) is 30.6. The Bertz CT molecular complexity index is 1680. The van der Waals surface area contributed by atoms with Gasteiger partial charge >= 0.3 is 0 Å². The number of nitrogens with one attached hydrogen (secondary N) is 1. The lowest BCUT2D eigenvalue weighted by molar-refractivity contribution is -0.145. The van der Waals surface area contributed by atoms with Crippen LogP contribution in [0.5, 0.6) is 17.2 Å². The third-order valence-corrected chi connectivity index (χ3v) is 13.1. The van der Waals surface area contributed by atoms with Crippen LogP contribution in [0.25, 0.3) is 10.9 Å². The van der Waals surface area contributed by atoms with E-state index in [1.807, 2.05) is 31.3 Å². The summed E-state index contributed by atoms with van der Waals surface area (Å²) in [6, 6.07) is 7.49. The second kappa shape index (κ2) is 10.1. The Morgan fingerprint density at radius 1 is 0.977 bits per heavy atom. The molecule has 3 aromatic rings. The molecule has 2 aromatic carbocycles. The molecule has 7 rings (SSSR count). The quantitative estimate of drug-likeness (QED) is 0.141. The van der Waals surface area contributed by atoms with E-state index < -0.39 is 5.97 Å². The molecule has 1 unspecified atom stereocenters. The van der Waals surface area contributed by atoms with E-state index in [1.54, 1.807) is 6.07 Å². The molecule has 0 saturated heterocycles. The fourth-order valence-electron chi connectivity index (χ4n) is 10.5. The molecule has 4 aliphatic rings. The zero-order chi connectivity index (χ0) is 32.0. The number of aromatic amines is 1. The highest BCUT2D eigenvalue weighted by molar-refractivity contribution is 5.90. The van der Waals surface area contributed by atoms with Crippen LogP contribution in [0.2, 0.25) is 0 Å². The van der Waals surface area contributed by atoms with Crippen molar-refractivity contribution in [2.24, 2.45) is 28.1 Å². The van der Waals surface area contributed by atoms with Gasteiger partial charge in [0.05, 0.1) is 0 Å². The molecule has 0 spiro atoms. The van der Waals surface area contributed by atoms with Crippen molar-refractivity contribution in [1.29, 1.82) is 0 Å². The van der Waals surface area contributed by atoms with Gasteiger partial charge in [0.1, 0.15) is 5.75 Å². The molecule has 0 amide bonds. The van der Waals surface area contributed by atoms with Gasteiger partial charge in [-0.1, -0.05) is 58.8 Å². The molecule has 6 nitrogen and oxygen atoms in total. The third kappa shape index (κ3) is 4.15. The summed E-state index contributed by atoms with van der Waals surface area (Å²) in [6.45, 7) is 15.6. The average molecular weight is 600 g/mol. The van der Waals surface area contributed by atoms with Gasteiger partial charge in [-0.25, -0.2) is 0 Å². The number of carboxylic acids is 1. The lowest BCUT2D eigenvalue weighted by atomic mass is 9.35. The van der Waals surface area contributed by atoms with E-state index in [0.29, 0.717) is 11.3 Å². The zero-order valence-corrected chi connectivity index (χ0v) is 27.3. The van der Waals surface area contributed by atoms with Gasteiger partial charge in [-0.05, 0) is 114 Å². The molecule has 7 atom stereocenters. The number of fused-ring (bicyclic) bond motifs is 8. The summed E-state index contributed by atoms with van der Waals surface area (Å²) in [7, 11) is 0. The van der Waals surface area contributed by atoms with Crippen molar-refractivity contribution in [3.05, 3.63) is 64.4 Å². The minimum Gasteiger partial charge on any atom is -0.507 e. The number of rotatable bonds is 1. The molecule has 1 aromatic heterocycles. The van der Waals surface area contributed by atoms with E-state index >= 15 is 0 Å². The molecule has 0 radical (unpaired) electrons. The van der Waals surface area contributed by atoms with Gasteiger partial charge < -0.3 is 25.4 Å². The minimum atomic E-state index is -0.833. The van der Waals surface area contributed by atoms with E-state index in [2.05, 4.69) is 45.7 Å². The number of allylic oxidation sites excluding steroid dienone is 2. The summed E-state index contributed by atoms with van der Waals surface area (Å²) in [6.07, 6.45) is 13.2. The van der Waals surface area contributed by atoms with Crippen molar-refractivity contribution in [2.75, 3.05) is 0 Å². The maximum absolute atomic E-state index is 11.0. The van der Waals surface area contributed by atoms with E-state index in [0.717, 1.165) is 52.4 Å². The Morgan fingerprint density at radius 2 is 1.68 bits per heavy atom. The maximum atomic E-state index is 11.0. The standard InChI is InChI=1S/C36H45NO3.C2H4O2/c1-20-10-11-33(3)12-14-36(6)29-17-22(23-19-37-25-8-7-9-26(38)31(23)25)30-21(2)32(40)27(39)18-24(30)34(29,4)13-15-35(36,5)28(33)16-20;1-2(3)4/h7-9,17-20,22,28,37-40H,10-16H2,1-6H3;1H3,(H,3,4)/t20-,22?,28+,33+,34-,35-,36+;/m0./s1. The lowest BCUT2D eigenvalue weighted by Crippen LogP contribution is -2.61. The Kier molecular flexibility index (Phi) is 6.99. The van der Waals surface area contributed by atoms with Gasteiger partial charge in [0, 0.05) is 35.4 Å². The third-order valence-electron chi connectivity index (χ3n) is 13.1. The molecule has 0 bridgehead atoms. The number of carboxylic acid groups (broad SMARTS) is 1. The number of hydrogen-bond donors (Lipinski definition) is 5. The van der Waals surface area contributed by atoms with Crippen molar-refractivity contribution < 1.29 is 25.2 Å². The van der Waals surface area contributed by atoms with Crippen LogP contribution < -0.4 is 0 Å². The van der Waals surface area contributed by atoms with Crippen LogP contribution in [-0.4, -0.2) is 31.4 Å². The first-order valence-electron chi connectivity index (χ1n) is 16.3. The van der Waals surface area contributed by atoms with E-state index in [9.17, 15) is 15.3 Å². The number of H-pyrrole nitrogens is 1. The molecular weight excluding hydrogens is 550 g/mol. The first-order valence-corrected chi connectivity index (χ1v) is 16.3. The summed E-state index contributed by atoms with van der Waals surface area (Å²) in [4.78, 5) is 12.4. The summed E-state index contributed by atoms with van der Waals surface area (Å²) < 4.78 is 0. The van der Waals surface area contributed by atoms with Gasteiger partial charge in [0.25, 0.3) is 5.97 Å². The number of phenolic OH excluding ortho intramolecular Hbond substituents is 3. The maximum Gasteiger partial charge on any atom is 0.300 e. The largest absolute Gasteiger partial charge is 0.507 e. The van der Waals surface area contributed by atoms with Gasteiger partial charge in [0.15, 0.2) is 11.5 Å². The molecule has 0 aliphatic heterocycles. The van der Waals surface area contributed by atoms with Gasteiger partial charge in [0.2, 0.25) is 0 Å². The van der Waals surface area contributed by atoms with Crippen molar-refractivity contribution in [1.82, 2.24) is 4.98 Å². The van der Waals surface area contributed by atoms with Gasteiger partial charge in [-0.3, -0.25) is 4.79 Å². The molecule has 236 valence electrons. The summed E-state index contributed by atoms with van der Waals surface area (Å²) in [5, 5.41) is 41.2. The molecule has 3 saturated carbocycles. The van der Waals surface area contributed by atoms with Crippen LogP contribution in [0, 0.1) is 35.0 Å². The number of carbonyl (C=O) groups is 1. The van der Waals surface area contributed by atoms with Crippen molar-refractivity contribution in [2.45, 2.75) is 105 Å². The summed E-state index contributed by atoms with van der Waals surface area (Å²) in [5.74, 6) is 0.701. The van der Waals surface area contributed by atoms with Crippen molar-refractivity contribution in [3.8, 4) is 17.2 Å². The highest BCUT2D eigenvalue weighted by Crippen LogP contribution is 2.74. The number of aliphatic carboxylic acids is 1. The second-order valence-electron chi connectivity index (χ2n) is 15.5. The normalized spacial score (nSPS) is 35.7. The predicted molar refractivity (Wildman–Crippen MR) is 174 cm³/mol. The van der Waals surface area contributed by atoms with Crippen LogP contribution in [0.15, 0.2) is 42.1 Å². The Labute approximate surface area is 261 Å².